The number of halogens is 2. The van der Waals surface area contributed by atoms with Crippen LogP contribution in [0.25, 0.3) is 10.8 Å². The molecule has 0 heterocycles. The van der Waals surface area contributed by atoms with E-state index in [-0.39, 0.29) is 12.5 Å². The molecule has 23 heavy (non-hydrogen) atoms. The van der Waals surface area contributed by atoms with Gasteiger partial charge in [0.15, 0.2) is 0 Å². The molecular formula is C19H15ClFNO. The average molecular weight is 328 g/mol. The standard InChI is InChI=1S/C19H15ClFNO/c1-22(12-16-17(20)10-5-11-18(16)21)19(23)15-9-4-7-13-6-2-3-8-14(13)15/h2-11H,12H2,1H3. The van der Waals surface area contributed by atoms with Crippen molar-refractivity contribution in [1.82, 2.24) is 4.90 Å². The summed E-state index contributed by atoms with van der Waals surface area (Å²) in [6, 6.07) is 17.8. The van der Waals surface area contributed by atoms with Crippen LogP contribution in [0.3, 0.4) is 0 Å². The Morgan fingerprint density at radius 1 is 1.04 bits per heavy atom. The fraction of sp³-hybridized carbons (Fsp3) is 0.105. The van der Waals surface area contributed by atoms with Crippen molar-refractivity contribution in [2.24, 2.45) is 0 Å². The third kappa shape index (κ3) is 3.06. The molecule has 0 saturated carbocycles. The molecule has 0 saturated heterocycles. The van der Waals surface area contributed by atoms with Crippen LogP contribution in [0.1, 0.15) is 15.9 Å². The molecule has 0 fully saturated rings. The van der Waals surface area contributed by atoms with Gasteiger partial charge in [0.2, 0.25) is 0 Å². The molecule has 0 N–H and O–H groups in total. The maximum Gasteiger partial charge on any atom is 0.254 e. The van der Waals surface area contributed by atoms with Gasteiger partial charge in [0.25, 0.3) is 5.91 Å². The molecule has 3 rings (SSSR count). The van der Waals surface area contributed by atoms with Crippen LogP contribution < -0.4 is 0 Å². The number of carbonyl (C=O) groups excluding carboxylic acids is 1. The molecule has 4 heteroatoms. The number of rotatable bonds is 3. The Labute approximate surface area is 139 Å². The van der Waals surface area contributed by atoms with Gasteiger partial charge in [0.05, 0.1) is 0 Å². The van der Waals surface area contributed by atoms with E-state index in [2.05, 4.69) is 0 Å². The van der Waals surface area contributed by atoms with E-state index >= 15 is 0 Å². The minimum absolute atomic E-state index is 0.119. The first-order valence-corrected chi connectivity index (χ1v) is 7.62. The van der Waals surface area contributed by atoms with Crippen LogP contribution in [0.4, 0.5) is 4.39 Å². The highest BCUT2D eigenvalue weighted by Gasteiger charge is 2.17. The van der Waals surface area contributed by atoms with E-state index in [1.165, 1.54) is 11.0 Å². The fourth-order valence-electron chi connectivity index (χ4n) is 2.61. The Bertz CT molecular complexity index is 853. The second-order valence-electron chi connectivity index (χ2n) is 5.39. The van der Waals surface area contributed by atoms with Crippen molar-refractivity contribution in [3.05, 3.63) is 82.6 Å². The Morgan fingerprint density at radius 2 is 1.74 bits per heavy atom. The smallest absolute Gasteiger partial charge is 0.254 e. The third-order valence-electron chi connectivity index (χ3n) is 3.82. The van der Waals surface area contributed by atoms with E-state index in [1.807, 2.05) is 36.4 Å². The lowest BCUT2D eigenvalue weighted by Gasteiger charge is -2.19. The summed E-state index contributed by atoms with van der Waals surface area (Å²) in [5.74, 6) is -0.573. The number of benzene rings is 3. The van der Waals surface area contributed by atoms with Crippen molar-refractivity contribution in [3.8, 4) is 0 Å². The van der Waals surface area contributed by atoms with Crippen molar-refractivity contribution in [2.75, 3.05) is 7.05 Å². The number of amides is 1. The molecule has 2 nitrogen and oxygen atoms in total. The summed E-state index contributed by atoms with van der Waals surface area (Å²) in [5.41, 5.74) is 0.920. The monoisotopic (exact) mass is 327 g/mol. The van der Waals surface area contributed by atoms with Gasteiger partial charge in [0.1, 0.15) is 5.82 Å². The Morgan fingerprint density at radius 3 is 2.52 bits per heavy atom. The van der Waals surface area contributed by atoms with E-state index in [0.29, 0.717) is 16.1 Å². The summed E-state index contributed by atoms with van der Waals surface area (Å²) in [7, 11) is 1.65. The van der Waals surface area contributed by atoms with Gasteiger partial charge < -0.3 is 4.90 Å². The first kappa shape index (κ1) is 15.5. The minimum atomic E-state index is -0.407. The summed E-state index contributed by atoms with van der Waals surface area (Å²) < 4.78 is 13.9. The highest BCUT2D eigenvalue weighted by molar-refractivity contribution is 6.31. The molecular weight excluding hydrogens is 313 g/mol. The second-order valence-corrected chi connectivity index (χ2v) is 5.80. The molecule has 0 bridgehead atoms. The highest BCUT2D eigenvalue weighted by atomic mass is 35.5. The molecule has 0 spiro atoms. The van der Waals surface area contributed by atoms with Gasteiger partial charge in [-0.25, -0.2) is 4.39 Å². The average Bonchev–Trinajstić information content (AvgIpc) is 2.57. The fourth-order valence-corrected chi connectivity index (χ4v) is 2.83. The molecule has 3 aromatic carbocycles. The number of nitrogens with zero attached hydrogens (tertiary/aromatic N) is 1. The molecule has 0 aliphatic rings. The molecule has 0 atom stereocenters. The number of hydrogen-bond acceptors (Lipinski definition) is 1. The van der Waals surface area contributed by atoms with Crippen LogP contribution in [0, 0.1) is 5.82 Å². The Hall–Kier alpha value is -2.39. The van der Waals surface area contributed by atoms with Gasteiger partial charge in [-0.2, -0.15) is 0 Å². The Balaban J connectivity index is 1.93. The normalized spacial score (nSPS) is 10.7. The first-order valence-electron chi connectivity index (χ1n) is 7.24. The zero-order valence-corrected chi connectivity index (χ0v) is 13.3. The lowest BCUT2D eigenvalue weighted by Crippen LogP contribution is -2.27. The van der Waals surface area contributed by atoms with E-state index in [0.717, 1.165) is 10.8 Å². The zero-order valence-electron chi connectivity index (χ0n) is 12.6. The molecule has 0 aliphatic heterocycles. The lowest BCUT2D eigenvalue weighted by atomic mass is 10.0. The molecule has 0 aliphatic carbocycles. The number of hydrogen-bond donors (Lipinski definition) is 0. The van der Waals surface area contributed by atoms with Gasteiger partial charge >= 0.3 is 0 Å². The molecule has 116 valence electrons. The molecule has 1 amide bonds. The molecule has 0 aromatic heterocycles. The van der Waals surface area contributed by atoms with E-state index < -0.39 is 5.82 Å². The van der Waals surface area contributed by atoms with E-state index in [9.17, 15) is 9.18 Å². The predicted molar refractivity (Wildman–Crippen MR) is 91.2 cm³/mol. The first-order chi connectivity index (χ1) is 11.1. The predicted octanol–water partition coefficient (Wildman–Crippen LogP) is 4.90. The van der Waals surface area contributed by atoms with Crippen molar-refractivity contribution in [2.45, 2.75) is 6.54 Å². The highest BCUT2D eigenvalue weighted by Crippen LogP contribution is 2.23. The van der Waals surface area contributed by atoms with Crippen LogP contribution in [0.5, 0.6) is 0 Å². The number of carbonyl (C=O) groups is 1. The second kappa shape index (κ2) is 6.39. The van der Waals surface area contributed by atoms with Gasteiger partial charge in [-0.05, 0) is 29.0 Å². The van der Waals surface area contributed by atoms with E-state index in [1.54, 1.807) is 25.2 Å². The topological polar surface area (TPSA) is 20.3 Å². The summed E-state index contributed by atoms with van der Waals surface area (Å²) >= 11 is 6.04. The van der Waals surface area contributed by atoms with Crippen molar-refractivity contribution < 1.29 is 9.18 Å². The third-order valence-corrected chi connectivity index (χ3v) is 4.18. The zero-order chi connectivity index (χ0) is 16.4. The van der Waals surface area contributed by atoms with Crippen molar-refractivity contribution in [1.29, 1.82) is 0 Å². The van der Waals surface area contributed by atoms with E-state index in [4.69, 9.17) is 11.6 Å². The minimum Gasteiger partial charge on any atom is -0.337 e. The van der Waals surface area contributed by atoms with Crippen LogP contribution in [0.15, 0.2) is 60.7 Å². The summed E-state index contributed by atoms with van der Waals surface area (Å²) in [6.07, 6.45) is 0. The summed E-state index contributed by atoms with van der Waals surface area (Å²) in [5, 5.41) is 2.20. The van der Waals surface area contributed by atoms with Gasteiger partial charge in [0, 0.05) is 29.7 Å². The van der Waals surface area contributed by atoms with Crippen molar-refractivity contribution in [3.63, 3.8) is 0 Å². The van der Waals surface area contributed by atoms with Crippen molar-refractivity contribution >= 4 is 28.3 Å². The van der Waals surface area contributed by atoms with Gasteiger partial charge in [-0.3, -0.25) is 4.79 Å². The quantitative estimate of drug-likeness (QED) is 0.669. The van der Waals surface area contributed by atoms with Crippen LogP contribution >= 0.6 is 11.6 Å². The molecule has 0 unspecified atom stereocenters. The van der Waals surface area contributed by atoms with Gasteiger partial charge in [-0.1, -0.05) is 54.1 Å². The maximum atomic E-state index is 13.9. The largest absolute Gasteiger partial charge is 0.337 e. The number of fused-ring (bicyclic) bond motifs is 1. The molecule has 3 aromatic rings. The van der Waals surface area contributed by atoms with Gasteiger partial charge in [-0.15, -0.1) is 0 Å². The van der Waals surface area contributed by atoms with Crippen LogP contribution in [-0.4, -0.2) is 17.9 Å². The van der Waals surface area contributed by atoms with Crippen LogP contribution in [-0.2, 0) is 6.54 Å². The summed E-state index contributed by atoms with van der Waals surface area (Å²) in [6.45, 7) is 0.119. The molecule has 0 radical (unpaired) electrons. The summed E-state index contributed by atoms with van der Waals surface area (Å²) in [4.78, 5) is 14.2. The lowest BCUT2D eigenvalue weighted by molar-refractivity contribution is 0.0786. The SMILES string of the molecule is CN(Cc1c(F)cccc1Cl)C(=O)c1cccc2ccccc12. The Kier molecular flexibility index (Phi) is 4.30. The van der Waals surface area contributed by atoms with Crippen LogP contribution in [0.2, 0.25) is 5.02 Å². The maximum absolute atomic E-state index is 13.9.